The number of hydrogen-bond donors (Lipinski definition) is 1. The fraction of sp³-hybridized carbons (Fsp3) is 0.588. The fourth-order valence-electron chi connectivity index (χ4n) is 3.17. The topological polar surface area (TPSA) is 59.6 Å². The van der Waals surface area contributed by atoms with E-state index in [2.05, 4.69) is 48.6 Å². The van der Waals surface area contributed by atoms with Crippen molar-refractivity contribution in [3.8, 4) is 0 Å². The maximum Gasteiger partial charge on any atom is 0.497 e. The zero-order chi connectivity index (χ0) is 16.9. The molecular weight excluding hydrogens is 305 g/mol. The van der Waals surface area contributed by atoms with Crippen LogP contribution >= 0.6 is 0 Å². The Balaban J connectivity index is 1.69. The van der Waals surface area contributed by atoms with E-state index < -0.39 is 0 Å². The Morgan fingerprint density at radius 3 is 2.46 bits per heavy atom. The molecule has 2 saturated heterocycles. The Bertz CT molecular complexity index is 737. The van der Waals surface area contributed by atoms with E-state index in [-0.39, 0.29) is 18.3 Å². The van der Waals surface area contributed by atoms with Gasteiger partial charge in [0.15, 0.2) is 0 Å². The molecule has 0 saturated carbocycles. The molecule has 0 aromatic carbocycles. The molecule has 2 aliphatic heterocycles. The highest BCUT2D eigenvalue weighted by molar-refractivity contribution is 6.65. The second-order valence-electron chi connectivity index (χ2n) is 7.52. The second-order valence-corrected chi connectivity index (χ2v) is 7.52. The minimum atomic E-state index is -0.384. The SMILES string of the molecule is CC1(C)OB(c2c[nH]c3ncc(N4CCOCC4)cc23)OC1(C)C. The lowest BCUT2D eigenvalue weighted by molar-refractivity contribution is 0.00578. The molecule has 6 nitrogen and oxygen atoms in total. The minimum Gasteiger partial charge on any atom is -0.399 e. The summed E-state index contributed by atoms with van der Waals surface area (Å²) in [5.74, 6) is 0. The summed E-state index contributed by atoms with van der Waals surface area (Å²) in [5, 5.41) is 1.05. The van der Waals surface area contributed by atoms with E-state index in [1.807, 2.05) is 12.4 Å². The first-order valence-electron chi connectivity index (χ1n) is 8.53. The smallest absolute Gasteiger partial charge is 0.399 e. The number of pyridine rings is 1. The van der Waals surface area contributed by atoms with E-state index in [0.29, 0.717) is 0 Å². The van der Waals surface area contributed by atoms with Gasteiger partial charge >= 0.3 is 7.12 Å². The van der Waals surface area contributed by atoms with Crippen molar-refractivity contribution in [3.63, 3.8) is 0 Å². The largest absolute Gasteiger partial charge is 0.497 e. The number of aromatic nitrogens is 2. The first-order valence-corrected chi connectivity index (χ1v) is 8.53. The summed E-state index contributed by atoms with van der Waals surface area (Å²) in [5.41, 5.74) is 2.28. The summed E-state index contributed by atoms with van der Waals surface area (Å²) in [6, 6.07) is 2.17. The highest BCUT2D eigenvalue weighted by atomic mass is 16.7. The molecule has 4 rings (SSSR count). The number of hydrogen-bond acceptors (Lipinski definition) is 5. The molecule has 0 spiro atoms. The van der Waals surface area contributed by atoms with Gasteiger partial charge in [0.2, 0.25) is 0 Å². The lowest BCUT2D eigenvalue weighted by Crippen LogP contribution is -2.41. The number of morpholine rings is 1. The molecule has 2 aromatic rings. The third-order valence-electron chi connectivity index (χ3n) is 5.43. The molecule has 4 heterocycles. The van der Waals surface area contributed by atoms with Crippen molar-refractivity contribution in [1.82, 2.24) is 9.97 Å². The van der Waals surface area contributed by atoms with Crippen LogP contribution in [0.4, 0.5) is 5.69 Å². The van der Waals surface area contributed by atoms with Crippen LogP contribution in [0, 0.1) is 0 Å². The molecule has 0 atom stereocenters. The number of aromatic amines is 1. The average molecular weight is 329 g/mol. The predicted octanol–water partition coefficient (Wildman–Crippen LogP) is 1.70. The van der Waals surface area contributed by atoms with Crippen LogP contribution in [-0.2, 0) is 14.0 Å². The summed E-state index contributed by atoms with van der Waals surface area (Å²) in [6.45, 7) is 11.6. The first kappa shape index (κ1) is 15.9. The third kappa shape index (κ3) is 2.51. The van der Waals surface area contributed by atoms with E-state index in [9.17, 15) is 0 Å². The maximum atomic E-state index is 6.20. The summed E-state index contributed by atoms with van der Waals surface area (Å²) in [4.78, 5) is 10.1. The van der Waals surface area contributed by atoms with Gasteiger partial charge in [0.05, 0.1) is 36.3 Å². The summed E-state index contributed by atoms with van der Waals surface area (Å²) < 4.78 is 17.8. The first-order chi connectivity index (χ1) is 11.4. The number of nitrogens with one attached hydrogen (secondary N) is 1. The zero-order valence-electron chi connectivity index (χ0n) is 14.8. The van der Waals surface area contributed by atoms with Crippen molar-refractivity contribution < 1.29 is 14.0 Å². The molecular formula is C17H24BN3O3. The van der Waals surface area contributed by atoms with Gasteiger partial charge in [-0.3, -0.25) is 0 Å². The third-order valence-corrected chi connectivity index (χ3v) is 5.43. The Kier molecular flexibility index (Phi) is 3.63. The quantitative estimate of drug-likeness (QED) is 0.850. The second kappa shape index (κ2) is 5.47. The van der Waals surface area contributed by atoms with E-state index >= 15 is 0 Å². The number of H-pyrrole nitrogens is 1. The molecule has 0 radical (unpaired) electrons. The van der Waals surface area contributed by atoms with Crippen molar-refractivity contribution in [2.24, 2.45) is 0 Å². The zero-order valence-corrected chi connectivity index (χ0v) is 14.8. The van der Waals surface area contributed by atoms with Crippen LogP contribution in [0.2, 0.25) is 0 Å². The predicted molar refractivity (Wildman–Crippen MR) is 94.8 cm³/mol. The molecule has 24 heavy (non-hydrogen) atoms. The Morgan fingerprint density at radius 1 is 1.12 bits per heavy atom. The van der Waals surface area contributed by atoms with Crippen LogP contribution in [0.1, 0.15) is 27.7 Å². The van der Waals surface area contributed by atoms with Gasteiger partial charge in [0.25, 0.3) is 0 Å². The van der Waals surface area contributed by atoms with Crippen LogP contribution in [0.3, 0.4) is 0 Å². The molecule has 0 aliphatic carbocycles. The van der Waals surface area contributed by atoms with Crippen molar-refractivity contribution in [2.75, 3.05) is 31.2 Å². The lowest BCUT2D eigenvalue weighted by Gasteiger charge is -2.32. The van der Waals surface area contributed by atoms with Crippen molar-refractivity contribution >= 4 is 29.3 Å². The molecule has 0 amide bonds. The molecule has 2 aliphatic rings. The number of anilines is 1. The summed E-state index contributed by atoms with van der Waals surface area (Å²) in [7, 11) is -0.384. The monoisotopic (exact) mass is 329 g/mol. The van der Waals surface area contributed by atoms with Gasteiger partial charge in [-0.2, -0.15) is 0 Å². The van der Waals surface area contributed by atoms with Crippen molar-refractivity contribution in [3.05, 3.63) is 18.5 Å². The van der Waals surface area contributed by atoms with Crippen LogP contribution in [-0.4, -0.2) is 54.6 Å². The van der Waals surface area contributed by atoms with Crippen molar-refractivity contribution in [1.29, 1.82) is 0 Å². The Hall–Kier alpha value is -1.57. The Labute approximate surface area is 142 Å². The highest BCUT2D eigenvalue weighted by Crippen LogP contribution is 2.37. The van der Waals surface area contributed by atoms with Crippen molar-refractivity contribution in [2.45, 2.75) is 38.9 Å². The van der Waals surface area contributed by atoms with Gasteiger partial charge < -0.3 is 23.9 Å². The average Bonchev–Trinajstić information content (AvgIpc) is 3.06. The molecule has 2 fully saturated rings. The van der Waals surface area contributed by atoms with Crippen LogP contribution in [0.5, 0.6) is 0 Å². The van der Waals surface area contributed by atoms with Crippen LogP contribution < -0.4 is 10.4 Å². The van der Waals surface area contributed by atoms with Gasteiger partial charge in [0.1, 0.15) is 5.65 Å². The molecule has 7 heteroatoms. The molecule has 0 unspecified atom stereocenters. The van der Waals surface area contributed by atoms with Crippen LogP contribution in [0.15, 0.2) is 18.5 Å². The molecule has 0 bridgehead atoms. The van der Waals surface area contributed by atoms with Gasteiger partial charge in [-0.25, -0.2) is 4.98 Å². The van der Waals surface area contributed by atoms with E-state index in [0.717, 1.165) is 48.5 Å². The van der Waals surface area contributed by atoms with E-state index in [4.69, 9.17) is 14.0 Å². The molecule has 1 N–H and O–H groups in total. The Morgan fingerprint density at radius 2 is 1.79 bits per heavy atom. The van der Waals surface area contributed by atoms with E-state index in [1.165, 1.54) is 0 Å². The van der Waals surface area contributed by atoms with Gasteiger partial charge in [-0.05, 0) is 33.8 Å². The number of nitrogens with zero attached hydrogens (tertiary/aromatic N) is 2. The number of fused-ring (bicyclic) bond motifs is 1. The van der Waals surface area contributed by atoms with Gasteiger partial charge in [-0.15, -0.1) is 0 Å². The maximum absolute atomic E-state index is 6.20. The normalized spacial score (nSPS) is 23.2. The van der Waals surface area contributed by atoms with Gasteiger partial charge in [0, 0.05) is 30.1 Å². The standard InChI is InChI=1S/C17H24BN3O3/c1-16(2)17(3,4)24-18(23-16)14-11-20-15-13(14)9-12(10-19-15)21-5-7-22-8-6-21/h9-11H,5-8H2,1-4H3,(H,19,20). The summed E-state index contributed by atoms with van der Waals surface area (Å²) in [6.07, 6.45) is 3.86. The number of ether oxygens (including phenoxy) is 1. The lowest BCUT2D eigenvalue weighted by atomic mass is 9.79. The summed E-state index contributed by atoms with van der Waals surface area (Å²) >= 11 is 0. The molecule has 2 aromatic heterocycles. The van der Waals surface area contributed by atoms with Crippen LogP contribution in [0.25, 0.3) is 11.0 Å². The minimum absolute atomic E-state index is 0.351. The van der Waals surface area contributed by atoms with E-state index in [1.54, 1.807) is 0 Å². The van der Waals surface area contributed by atoms with Gasteiger partial charge in [-0.1, -0.05) is 0 Å². The highest BCUT2D eigenvalue weighted by Gasteiger charge is 2.52. The number of rotatable bonds is 2. The molecule has 128 valence electrons. The fourth-order valence-corrected chi connectivity index (χ4v) is 3.17.